The van der Waals surface area contributed by atoms with E-state index < -0.39 is 10.0 Å². The minimum atomic E-state index is -3.45. The maximum atomic E-state index is 11.7. The van der Waals surface area contributed by atoms with Crippen LogP contribution >= 0.6 is 23.2 Å². The zero-order chi connectivity index (χ0) is 13.2. The summed E-state index contributed by atoms with van der Waals surface area (Å²) in [6.07, 6.45) is 0.374. The van der Waals surface area contributed by atoms with Crippen LogP contribution in [0.25, 0.3) is 0 Å². The van der Waals surface area contributed by atoms with Gasteiger partial charge in [0, 0.05) is 18.0 Å². The number of ether oxygens (including phenoxy) is 2. The van der Waals surface area contributed by atoms with E-state index in [-0.39, 0.29) is 29.1 Å². The highest BCUT2D eigenvalue weighted by atomic mass is 35.5. The van der Waals surface area contributed by atoms with Crippen molar-refractivity contribution in [2.75, 3.05) is 23.1 Å². The van der Waals surface area contributed by atoms with E-state index in [0.717, 1.165) is 0 Å². The quantitative estimate of drug-likeness (QED) is 0.848. The lowest BCUT2D eigenvalue weighted by Gasteiger charge is -2.09. The molecule has 0 saturated carbocycles. The largest absolute Gasteiger partial charge is 0.454 e. The molecule has 100 valence electrons. The highest BCUT2D eigenvalue weighted by molar-refractivity contribution is 7.92. The van der Waals surface area contributed by atoms with Gasteiger partial charge in [-0.15, -0.1) is 11.6 Å². The van der Waals surface area contributed by atoms with Gasteiger partial charge in [-0.3, -0.25) is 4.72 Å². The topological polar surface area (TPSA) is 64.6 Å². The maximum Gasteiger partial charge on any atom is 0.232 e. The molecule has 1 aromatic carbocycles. The van der Waals surface area contributed by atoms with Crippen molar-refractivity contribution in [2.24, 2.45) is 0 Å². The summed E-state index contributed by atoms with van der Waals surface area (Å²) in [6, 6.07) is 3.02. The number of nitrogens with one attached hydrogen (secondary N) is 1. The van der Waals surface area contributed by atoms with Crippen LogP contribution in [0.2, 0.25) is 5.02 Å². The maximum absolute atomic E-state index is 11.7. The smallest absolute Gasteiger partial charge is 0.232 e. The minimum absolute atomic E-state index is 0.0543. The minimum Gasteiger partial charge on any atom is -0.454 e. The standard InChI is InChI=1S/C10H11Cl2NO4S/c11-2-1-3-18(14,15)13-8-5-10-9(4-7(8)12)16-6-17-10/h4-5,13H,1-3,6H2. The summed E-state index contributed by atoms with van der Waals surface area (Å²) in [7, 11) is -3.45. The zero-order valence-corrected chi connectivity index (χ0v) is 11.6. The van der Waals surface area contributed by atoms with Crippen molar-refractivity contribution in [3.8, 4) is 11.5 Å². The second-order valence-electron chi connectivity index (χ2n) is 3.65. The van der Waals surface area contributed by atoms with Crippen LogP contribution in [0, 0.1) is 0 Å². The Morgan fingerprint density at radius 1 is 1.28 bits per heavy atom. The molecule has 0 bridgehead atoms. The summed E-state index contributed by atoms with van der Waals surface area (Å²) in [6.45, 7) is 0.105. The van der Waals surface area contributed by atoms with Gasteiger partial charge in [0.25, 0.3) is 0 Å². The summed E-state index contributed by atoms with van der Waals surface area (Å²) in [5.41, 5.74) is 0.274. The van der Waals surface area contributed by atoms with Gasteiger partial charge in [0.05, 0.1) is 16.5 Å². The van der Waals surface area contributed by atoms with Crippen molar-refractivity contribution in [1.82, 2.24) is 0 Å². The molecule has 0 atom stereocenters. The summed E-state index contributed by atoms with van der Waals surface area (Å²) >= 11 is 11.4. The summed E-state index contributed by atoms with van der Waals surface area (Å²) in [4.78, 5) is 0. The number of halogens is 2. The monoisotopic (exact) mass is 311 g/mol. The molecule has 0 fully saturated rings. The molecule has 0 saturated heterocycles. The van der Waals surface area contributed by atoms with Crippen molar-refractivity contribution in [1.29, 1.82) is 0 Å². The molecule has 8 heteroatoms. The van der Waals surface area contributed by atoms with Crippen LogP contribution < -0.4 is 14.2 Å². The molecule has 1 aromatic rings. The molecule has 1 N–H and O–H groups in total. The van der Waals surface area contributed by atoms with Crippen molar-refractivity contribution in [2.45, 2.75) is 6.42 Å². The number of alkyl halides is 1. The number of benzene rings is 1. The van der Waals surface area contributed by atoms with Crippen molar-refractivity contribution in [3.05, 3.63) is 17.2 Å². The molecular formula is C10H11Cl2NO4S. The van der Waals surface area contributed by atoms with E-state index in [1.165, 1.54) is 12.1 Å². The van der Waals surface area contributed by atoms with E-state index in [2.05, 4.69) is 4.72 Å². The first-order chi connectivity index (χ1) is 8.52. The fourth-order valence-electron chi connectivity index (χ4n) is 1.46. The molecule has 0 spiro atoms. The Hall–Kier alpha value is -0.850. The van der Waals surface area contributed by atoms with Crippen LogP contribution in [0.1, 0.15) is 6.42 Å². The molecule has 1 aliphatic rings. The van der Waals surface area contributed by atoms with E-state index in [4.69, 9.17) is 32.7 Å². The Kier molecular flexibility index (Phi) is 4.09. The normalized spacial score (nSPS) is 13.7. The van der Waals surface area contributed by atoms with Gasteiger partial charge in [0.2, 0.25) is 16.8 Å². The third kappa shape index (κ3) is 3.13. The van der Waals surface area contributed by atoms with E-state index in [1.807, 2.05) is 0 Å². The molecule has 0 amide bonds. The Morgan fingerprint density at radius 3 is 2.61 bits per heavy atom. The second-order valence-corrected chi connectivity index (χ2v) is 6.28. The molecule has 0 unspecified atom stereocenters. The fourth-order valence-corrected chi connectivity index (χ4v) is 3.14. The Morgan fingerprint density at radius 2 is 1.94 bits per heavy atom. The van der Waals surface area contributed by atoms with Crippen LogP contribution in [0.4, 0.5) is 5.69 Å². The Bertz CT molecular complexity index is 547. The number of sulfonamides is 1. The van der Waals surface area contributed by atoms with Gasteiger partial charge in [-0.1, -0.05) is 11.6 Å². The van der Waals surface area contributed by atoms with E-state index in [9.17, 15) is 8.42 Å². The van der Waals surface area contributed by atoms with Crippen LogP contribution in [-0.4, -0.2) is 26.8 Å². The molecule has 5 nitrogen and oxygen atoms in total. The lowest BCUT2D eigenvalue weighted by molar-refractivity contribution is 0.174. The number of hydrogen-bond acceptors (Lipinski definition) is 4. The van der Waals surface area contributed by atoms with Crippen molar-refractivity contribution >= 4 is 38.9 Å². The van der Waals surface area contributed by atoms with Gasteiger partial charge >= 0.3 is 0 Å². The van der Waals surface area contributed by atoms with Gasteiger partial charge in [0.15, 0.2) is 11.5 Å². The van der Waals surface area contributed by atoms with Gasteiger partial charge in [-0.05, 0) is 6.42 Å². The first kappa shape index (κ1) is 13.6. The lowest BCUT2D eigenvalue weighted by Crippen LogP contribution is -2.17. The second kappa shape index (κ2) is 5.42. The molecule has 1 heterocycles. The summed E-state index contributed by atoms with van der Waals surface area (Å²) in [5.74, 6) is 1.20. The average Bonchev–Trinajstić information content (AvgIpc) is 2.73. The molecule has 18 heavy (non-hydrogen) atoms. The summed E-state index contributed by atoms with van der Waals surface area (Å²) < 4.78 is 36.1. The predicted octanol–water partition coefficient (Wildman–Crippen LogP) is 2.44. The van der Waals surface area contributed by atoms with E-state index in [0.29, 0.717) is 17.9 Å². The van der Waals surface area contributed by atoms with Crippen molar-refractivity contribution < 1.29 is 17.9 Å². The highest BCUT2D eigenvalue weighted by Crippen LogP contribution is 2.39. The van der Waals surface area contributed by atoms with Crippen molar-refractivity contribution in [3.63, 3.8) is 0 Å². The zero-order valence-electron chi connectivity index (χ0n) is 9.28. The first-order valence-electron chi connectivity index (χ1n) is 5.17. The first-order valence-corrected chi connectivity index (χ1v) is 7.74. The fraction of sp³-hybridized carbons (Fsp3) is 0.400. The van der Waals surface area contributed by atoms with Gasteiger partial charge < -0.3 is 9.47 Å². The number of anilines is 1. The lowest BCUT2D eigenvalue weighted by atomic mass is 10.3. The Labute approximate surface area is 115 Å². The van der Waals surface area contributed by atoms with Gasteiger partial charge in [-0.25, -0.2) is 8.42 Å². The SMILES string of the molecule is O=S(=O)(CCCCl)Nc1cc2c(cc1Cl)OCO2. The van der Waals surface area contributed by atoms with E-state index >= 15 is 0 Å². The van der Waals surface area contributed by atoms with Crippen LogP contribution in [0.3, 0.4) is 0 Å². The third-order valence-corrected chi connectivity index (χ3v) is 4.21. The van der Waals surface area contributed by atoms with Crippen LogP contribution in [-0.2, 0) is 10.0 Å². The third-order valence-electron chi connectivity index (χ3n) is 2.27. The molecule has 0 aliphatic carbocycles. The summed E-state index contributed by atoms with van der Waals surface area (Å²) in [5, 5.41) is 0.258. The highest BCUT2D eigenvalue weighted by Gasteiger charge is 2.19. The molecular weight excluding hydrogens is 301 g/mol. The molecule has 0 radical (unpaired) electrons. The van der Waals surface area contributed by atoms with Crippen LogP contribution in [0.5, 0.6) is 11.5 Å². The Balaban J connectivity index is 2.19. The van der Waals surface area contributed by atoms with Gasteiger partial charge in [0.1, 0.15) is 0 Å². The van der Waals surface area contributed by atoms with Crippen LogP contribution in [0.15, 0.2) is 12.1 Å². The molecule has 0 aromatic heterocycles. The molecule has 2 rings (SSSR count). The predicted molar refractivity (Wildman–Crippen MR) is 70.3 cm³/mol. The molecule has 1 aliphatic heterocycles. The van der Waals surface area contributed by atoms with Gasteiger partial charge in [-0.2, -0.15) is 0 Å². The average molecular weight is 312 g/mol. The number of fused-ring (bicyclic) bond motifs is 1. The van der Waals surface area contributed by atoms with E-state index in [1.54, 1.807) is 0 Å². The number of hydrogen-bond donors (Lipinski definition) is 1. The number of rotatable bonds is 5.